The maximum Gasteiger partial charge on any atom is 0.0357 e. The predicted octanol–water partition coefficient (Wildman–Crippen LogP) is 4.68. The molecule has 2 saturated carbocycles. The SMILES string of the molecule is CCc1cc(CC)c(C(NC)C2C3CCCC32)c(CC)c1. The third-order valence-electron chi connectivity index (χ3n) is 6.06. The van der Waals surface area contributed by atoms with Gasteiger partial charge in [0.2, 0.25) is 0 Å². The summed E-state index contributed by atoms with van der Waals surface area (Å²) in [5.41, 5.74) is 6.35. The molecule has 0 radical (unpaired) electrons. The third kappa shape index (κ3) is 2.54. The highest BCUT2D eigenvalue weighted by Gasteiger charge is 2.56. The fourth-order valence-electron chi connectivity index (χ4n) is 4.94. The summed E-state index contributed by atoms with van der Waals surface area (Å²) in [6.45, 7) is 6.91. The molecule has 1 aromatic rings. The zero-order valence-electron chi connectivity index (χ0n) is 14.2. The van der Waals surface area contributed by atoms with E-state index in [1.54, 1.807) is 16.7 Å². The van der Waals surface area contributed by atoms with Crippen molar-refractivity contribution in [1.82, 2.24) is 5.32 Å². The summed E-state index contributed by atoms with van der Waals surface area (Å²) < 4.78 is 0. The molecule has 0 spiro atoms. The molecule has 0 amide bonds. The Balaban J connectivity index is 1.98. The second-order valence-corrected chi connectivity index (χ2v) is 6.99. The highest BCUT2D eigenvalue weighted by Crippen LogP contribution is 2.62. The average molecular weight is 285 g/mol. The minimum absolute atomic E-state index is 0.594. The van der Waals surface area contributed by atoms with Gasteiger partial charge in [0.1, 0.15) is 0 Å². The Labute approximate surface area is 130 Å². The minimum Gasteiger partial charge on any atom is -0.313 e. The molecule has 1 nitrogen and oxygen atoms in total. The molecule has 0 aliphatic heterocycles. The molecule has 3 rings (SSSR count). The van der Waals surface area contributed by atoms with Crippen LogP contribution < -0.4 is 5.32 Å². The van der Waals surface area contributed by atoms with E-state index >= 15 is 0 Å². The van der Waals surface area contributed by atoms with Gasteiger partial charge in [0.15, 0.2) is 0 Å². The summed E-state index contributed by atoms with van der Waals surface area (Å²) >= 11 is 0. The zero-order valence-corrected chi connectivity index (χ0v) is 14.2. The van der Waals surface area contributed by atoms with Gasteiger partial charge in [0, 0.05) is 6.04 Å². The van der Waals surface area contributed by atoms with Crippen LogP contribution in [0.2, 0.25) is 0 Å². The lowest BCUT2D eigenvalue weighted by Crippen LogP contribution is -2.23. The Kier molecular flexibility index (Phi) is 4.40. The minimum atomic E-state index is 0.594. The topological polar surface area (TPSA) is 12.0 Å². The molecule has 0 bridgehead atoms. The molecule has 1 aromatic carbocycles. The Morgan fingerprint density at radius 3 is 2.00 bits per heavy atom. The number of nitrogens with one attached hydrogen (secondary N) is 1. The van der Waals surface area contributed by atoms with E-state index in [0.29, 0.717) is 6.04 Å². The highest BCUT2D eigenvalue weighted by atomic mass is 14.9. The lowest BCUT2D eigenvalue weighted by Gasteiger charge is -2.25. The van der Waals surface area contributed by atoms with E-state index in [9.17, 15) is 0 Å². The number of rotatable bonds is 6. The van der Waals surface area contributed by atoms with Gasteiger partial charge >= 0.3 is 0 Å². The Hall–Kier alpha value is -0.820. The summed E-state index contributed by atoms with van der Waals surface area (Å²) in [5.74, 6) is 2.94. The molecule has 3 atom stereocenters. The smallest absolute Gasteiger partial charge is 0.0357 e. The maximum atomic E-state index is 3.70. The van der Waals surface area contributed by atoms with Crippen LogP contribution >= 0.6 is 0 Å². The van der Waals surface area contributed by atoms with Gasteiger partial charge in [-0.1, -0.05) is 39.3 Å². The first kappa shape index (κ1) is 15.1. The Morgan fingerprint density at radius 2 is 1.57 bits per heavy atom. The van der Waals surface area contributed by atoms with Crippen molar-refractivity contribution in [2.24, 2.45) is 17.8 Å². The van der Waals surface area contributed by atoms with Crippen molar-refractivity contribution in [3.8, 4) is 0 Å². The molecule has 21 heavy (non-hydrogen) atoms. The van der Waals surface area contributed by atoms with Gasteiger partial charge in [-0.15, -0.1) is 0 Å². The predicted molar refractivity (Wildman–Crippen MR) is 90.7 cm³/mol. The van der Waals surface area contributed by atoms with Crippen LogP contribution in [0, 0.1) is 17.8 Å². The van der Waals surface area contributed by atoms with Crippen molar-refractivity contribution < 1.29 is 0 Å². The van der Waals surface area contributed by atoms with Crippen molar-refractivity contribution in [3.05, 3.63) is 34.4 Å². The van der Waals surface area contributed by atoms with Gasteiger partial charge in [-0.25, -0.2) is 0 Å². The lowest BCUT2D eigenvalue weighted by atomic mass is 9.86. The number of hydrogen-bond donors (Lipinski definition) is 1. The van der Waals surface area contributed by atoms with E-state index in [4.69, 9.17) is 0 Å². The van der Waals surface area contributed by atoms with E-state index in [2.05, 4.69) is 45.3 Å². The summed E-state index contributed by atoms with van der Waals surface area (Å²) in [7, 11) is 2.17. The van der Waals surface area contributed by atoms with Gasteiger partial charge < -0.3 is 5.32 Å². The molecule has 0 saturated heterocycles. The van der Waals surface area contributed by atoms with Crippen molar-refractivity contribution in [3.63, 3.8) is 0 Å². The average Bonchev–Trinajstić information content (AvgIpc) is 2.98. The Morgan fingerprint density at radius 1 is 1.00 bits per heavy atom. The first-order chi connectivity index (χ1) is 10.2. The normalized spacial score (nSPS) is 28.5. The Bertz CT molecular complexity index is 470. The molecule has 2 aliphatic carbocycles. The summed E-state index contributed by atoms with van der Waals surface area (Å²) in [6, 6.07) is 5.53. The fraction of sp³-hybridized carbons (Fsp3) is 0.700. The van der Waals surface area contributed by atoms with Crippen LogP contribution in [0.3, 0.4) is 0 Å². The maximum absolute atomic E-state index is 3.70. The first-order valence-electron chi connectivity index (χ1n) is 9.06. The largest absolute Gasteiger partial charge is 0.313 e. The summed E-state index contributed by atoms with van der Waals surface area (Å²) in [4.78, 5) is 0. The molecule has 2 aliphatic rings. The molecule has 1 heteroatoms. The van der Waals surface area contributed by atoms with Crippen LogP contribution in [0.4, 0.5) is 0 Å². The molecule has 0 heterocycles. The van der Waals surface area contributed by atoms with Gasteiger partial charge in [0.05, 0.1) is 0 Å². The molecular formula is C20H31N. The van der Waals surface area contributed by atoms with Crippen molar-refractivity contribution in [2.45, 2.75) is 65.3 Å². The molecule has 0 aromatic heterocycles. The van der Waals surface area contributed by atoms with Crippen LogP contribution in [-0.4, -0.2) is 7.05 Å². The molecular weight excluding hydrogens is 254 g/mol. The van der Waals surface area contributed by atoms with Gasteiger partial charge in [-0.3, -0.25) is 0 Å². The molecule has 3 unspecified atom stereocenters. The van der Waals surface area contributed by atoms with E-state index < -0.39 is 0 Å². The number of fused-ring (bicyclic) bond motifs is 1. The van der Waals surface area contributed by atoms with Crippen molar-refractivity contribution in [2.75, 3.05) is 7.05 Å². The standard InChI is InChI=1S/C20H31N/c1-5-13-11-14(6-2)18(15(7-3)12-13)20(21-4)19-16-9-8-10-17(16)19/h11-12,16-17,19-21H,5-10H2,1-4H3. The highest BCUT2D eigenvalue weighted by molar-refractivity contribution is 5.43. The van der Waals surface area contributed by atoms with Gasteiger partial charge in [-0.2, -0.15) is 0 Å². The quantitative estimate of drug-likeness (QED) is 0.800. The van der Waals surface area contributed by atoms with Crippen LogP contribution in [0.25, 0.3) is 0 Å². The van der Waals surface area contributed by atoms with E-state index in [0.717, 1.165) is 37.0 Å². The number of benzene rings is 1. The summed E-state index contributed by atoms with van der Waals surface area (Å²) in [5, 5.41) is 3.70. The van der Waals surface area contributed by atoms with Crippen LogP contribution in [0.15, 0.2) is 12.1 Å². The van der Waals surface area contributed by atoms with Crippen LogP contribution in [0.5, 0.6) is 0 Å². The first-order valence-corrected chi connectivity index (χ1v) is 9.06. The lowest BCUT2D eigenvalue weighted by molar-refractivity contribution is 0.440. The van der Waals surface area contributed by atoms with Gasteiger partial charge in [0.25, 0.3) is 0 Å². The van der Waals surface area contributed by atoms with Crippen molar-refractivity contribution in [1.29, 1.82) is 0 Å². The fourth-order valence-corrected chi connectivity index (χ4v) is 4.94. The van der Waals surface area contributed by atoms with Crippen molar-refractivity contribution >= 4 is 0 Å². The van der Waals surface area contributed by atoms with E-state index in [1.807, 2.05) is 0 Å². The van der Waals surface area contributed by atoms with Crippen LogP contribution in [-0.2, 0) is 19.3 Å². The van der Waals surface area contributed by atoms with Crippen LogP contribution in [0.1, 0.15) is 68.3 Å². The molecule has 1 N–H and O–H groups in total. The number of aryl methyl sites for hydroxylation is 3. The number of hydrogen-bond acceptors (Lipinski definition) is 1. The van der Waals surface area contributed by atoms with E-state index in [-0.39, 0.29) is 0 Å². The summed E-state index contributed by atoms with van der Waals surface area (Å²) in [6.07, 6.45) is 7.90. The third-order valence-corrected chi connectivity index (χ3v) is 6.06. The van der Waals surface area contributed by atoms with E-state index in [1.165, 1.54) is 24.8 Å². The second kappa shape index (κ2) is 6.12. The van der Waals surface area contributed by atoms with Gasteiger partial charge in [-0.05, 0) is 79.2 Å². The zero-order chi connectivity index (χ0) is 15.0. The second-order valence-electron chi connectivity index (χ2n) is 6.99. The monoisotopic (exact) mass is 285 g/mol. The molecule has 2 fully saturated rings. The molecule has 116 valence electrons.